The average molecular weight is 289 g/mol. The van der Waals surface area contributed by atoms with Gasteiger partial charge in [-0.25, -0.2) is 0 Å². The maximum absolute atomic E-state index is 9.34. The Morgan fingerprint density at radius 3 is 2.50 bits per heavy atom. The smallest absolute Gasteiger partial charge is 0.455 e. The first-order chi connectivity index (χ1) is 10.7. The average Bonchev–Trinajstić information content (AvgIpc) is 2.93. The topological polar surface area (TPSA) is 66.5 Å². The lowest BCUT2D eigenvalue weighted by Gasteiger charge is -2.01. The standard InChI is InChI=1S/C17H12BNO3/c20-18(21)12-4-5-16-15(10-12)14-3-1-2-13(17(14)22-16)11-6-8-19-9-7-11/h1-10,20-21H. The van der Waals surface area contributed by atoms with Gasteiger partial charge in [0.15, 0.2) is 0 Å². The van der Waals surface area contributed by atoms with Crippen LogP contribution in [0.1, 0.15) is 0 Å². The van der Waals surface area contributed by atoms with Gasteiger partial charge in [0.05, 0.1) is 0 Å². The van der Waals surface area contributed by atoms with E-state index in [9.17, 15) is 10.0 Å². The van der Waals surface area contributed by atoms with Crippen LogP contribution in [0.4, 0.5) is 0 Å². The number of aromatic nitrogens is 1. The van der Waals surface area contributed by atoms with E-state index < -0.39 is 7.12 Å². The molecule has 4 nitrogen and oxygen atoms in total. The molecule has 2 N–H and O–H groups in total. The van der Waals surface area contributed by atoms with Crippen molar-refractivity contribution in [3.8, 4) is 11.1 Å². The molecule has 0 atom stereocenters. The van der Waals surface area contributed by atoms with Gasteiger partial charge in [0.1, 0.15) is 11.2 Å². The second-order valence-corrected chi connectivity index (χ2v) is 5.15. The van der Waals surface area contributed by atoms with Gasteiger partial charge in [-0.1, -0.05) is 30.3 Å². The van der Waals surface area contributed by atoms with E-state index in [1.54, 1.807) is 30.6 Å². The first-order valence-corrected chi connectivity index (χ1v) is 6.96. The van der Waals surface area contributed by atoms with Gasteiger partial charge in [-0.2, -0.15) is 0 Å². The van der Waals surface area contributed by atoms with E-state index in [1.807, 2.05) is 30.3 Å². The summed E-state index contributed by atoms with van der Waals surface area (Å²) in [7, 11) is -1.49. The van der Waals surface area contributed by atoms with Crippen LogP contribution in [-0.4, -0.2) is 22.2 Å². The number of furan rings is 1. The molecule has 0 saturated carbocycles. The van der Waals surface area contributed by atoms with Crippen LogP contribution in [0.15, 0.2) is 65.3 Å². The van der Waals surface area contributed by atoms with Crippen LogP contribution < -0.4 is 5.46 Å². The molecule has 0 amide bonds. The van der Waals surface area contributed by atoms with Gasteiger partial charge >= 0.3 is 7.12 Å². The molecule has 106 valence electrons. The highest BCUT2D eigenvalue weighted by Gasteiger charge is 2.16. The van der Waals surface area contributed by atoms with Gasteiger partial charge in [-0.15, -0.1) is 0 Å². The van der Waals surface area contributed by atoms with Crippen LogP contribution >= 0.6 is 0 Å². The van der Waals surface area contributed by atoms with Crippen molar-refractivity contribution in [2.75, 3.05) is 0 Å². The Morgan fingerprint density at radius 1 is 0.909 bits per heavy atom. The fraction of sp³-hybridized carbons (Fsp3) is 0. The Morgan fingerprint density at radius 2 is 1.73 bits per heavy atom. The highest BCUT2D eigenvalue weighted by molar-refractivity contribution is 6.59. The van der Waals surface area contributed by atoms with Crippen LogP contribution in [0.3, 0.4) is 0 Å². The number of nitrogens with zero attached hydrogens (tertiary/aromatic N) is 1. The van der Waals surface area contributed by atoms with Crippen molar-refractivity contribution in [2.24, 2.45) is 0 Å². The lowest BCUT2D eigenvalue weighted by molar-refractivity contribution is 0.426. The molecule has 0 aliphatic carbocycles. The minimum absolute atomic E-state index is 0.449. The molecule has 4 aromatic rings. The number of rotatable bonds is 2. The molecule has 2 aromatic carbocycles. The second-order valence-electron chi connectivity index (χ2n) is 5.15. The van der Waals surface area contributed by atoms with E-state index >= 15 is 0 Å². The van der Waals surface area contributed by atoms with Crippen LogP contribution in [-0.2, 0) is 0 Å². The molecular weight excluding hydrogens is 277 g/mol. The summed E-state index contributed by atoms with van der Waals surface area (Å²) in [4.78, 5) is 4.04. The zero-order chi connectivity index (χ0) is 15.1. The molecule has 2 heterocycles. The molecule has 4 rings (SSSR count). The van der Waals surface area contributed by atoms with E-state index in [0.717, 1.165) is 33.1 Å². The van der Waals surface area contributed by atoms with Crippen molar-refractivity contribution >= 4 is 34.5 Å². The Kier molecular flexibility index (Phi) is 2.96. The van der Waals surface area contributed by atoms with Gasteiger partial charge < -0.3 is 14.5 Å². The van der Waals surface area contributed by atoms with Gasteiger partial charge in [0, 0.05) is 28.7 Å². The van der Waals surface area contributed by atoms with Crippen LogP contribution in [0.2, 0.25) is 0 Å². The number of pyridine rings is 1. The van der Waals surface area contributed by atoms with Crippen LogP contribution in [0, 0.1) is 0 Å². The van der Waals surface area contributed by atoms with Crippen molar-refractivity contribution < 1.29 is 14.5 Å². The number of fused-ring (bicyclic) bond motifs is 3. The summed E-state index contributed by atoms with van der Waals surface area (Å²) < 4.78 is 5.99. The van der Waals surface area contributed by atoms with E-state index in [-0.39, 0.29) is 0 Å². The summed E-state index contributed by atoms with van der Waals surface area (Å²) in [6.07, 6.45) is 3.49. The van der Waals surface area contributed by atoms with Gasteiger partial charge in [0.2, 0.25) is 0 Å². The fourth-order valence-corrected chi connectivity index (χ4v) is 2.74. The Balaban J connectivity index is 2.04. The molecule has 0 aliphatic rings. The molecular formula is C17H12BNO3. The third kappa shape index (κ3) is 1.99. The van der Waals surface area contributed by atoms with Gasteiger partial charge in [-0.05, 0) is 29.2 Å². The van der Waals surface area contributed by atoms with Gasteiger partial charge in [-0.3, -0.25) is 4.98 Å². The minimum Gasteiger partial charge on any atom is -0.455 e. The van der Waals surface area contributed by atoms with Crippen molar-refractivity contribution in [1.82, 2.24) is 4.98 Å². The zero-order valence-electron chi connectivity index (χ0n) is 11.6. The SMILES string of the molecule is OB(O)c1ccc2oc3c(-c4ccncc4)cccc3c2c1. The van der Waals surface area contributed by atoms with Crippen LogP contribution in [0.25, 0.3) is 33.1 Å². The predicted molar refractivity (Wildman–Crippen MR) is 86.8 cm³/mol. The summed E-state index contributed by atoms with van der Waals surface area (Å²) in [6.45, 7) is 0. The zero-order valence-corrected chi connectivity index (χ0v) is 11.6. The maximum atomic E-state index is 9.34. The van der Waals surface area contributed by atoms with Gasteiger partial charge in [0.25, 0.3) is 0 Å². The van der Waals surface area contributed by atoms with Crippen molar-refractivity contribution in [2.45, 2.75) is 0 Å². The summed E-state index contributed by atoms with van der Waals surface area (Å²) in [5.74, 6) is 0. The van der Waals surface area contributed by atoms with E-state index in [1.165, 1.54) is 0 Å². The molecule has 0 aliphatic heterocycles. The first kappa shape index (κ1) is 13.1. The fourth-order valence-electron chi connectivity index (χ4n) is 2.74. The van der Waals surface area contributed by atoms with E-state index in [0.29, 0.717) is 5.46 Å². The third-order valence-electron chi connectivity index (χ3n) is 3.81. The number of hydrogen-bond acceptors (Lipinski definition) is 4. The minimum atomic E-state index is -1.49. The van der Waals surface area contributed by atoms with Crippen LogP contribution in [0.5, 0.6) is 0 Å². The lowest BCUT2D eigenvalue weighted by Crippen LogP contribution is -2.29. The summed E-state index contributed by atoms with van der Waals surface area (Å²) in [6, 6.07) is 15.0. The molecule has 5 heteroatoms. The second kappa shape index (κ2) is 4.98. The molecule has 0 unspecified atom stereocenters. The Bertz CT molecular complexity index is 964. The molecule has 0 radical (unpaired) electrons. The summed E-state index contributed by atoms with van der Waals surface area (Å²) >= 11 is 0. The normalized spacial score (nSPS) is 11.2. The summed E-state index contributed by atoms with van der Waals surface area (Å²) in [5, 5.41) is 20.5. The first-order valence-electron chi connectivity index (χ1n) is 6.96. The third-order valence-corrected chi connectivity index (χ3v) is 3.81. The monoisotopic (exact) mass is 289 g/mol. The van der Waals surface area contributed by atoms with Crippen molar-refractivity contribution in [3.05, 3.63) is 60.9 Å². The highest BCUT2D eigenvalue weighted by atomic mass is 16.4. The van der Waals surface area contributed by atoms with Crippen molar-refractivity contribution in [1.29, 1.82) is 0 Å². The molecule has 0 spiro atoms. The largest absolute Gasteiger partial charge is 0.488 e. The summed E-state index contributed by atoms with van der Waals surface area (Å²) in [5.41, 5.74) is 3.97. The van der Waals surface area contributed by atoms with E-state index in [2.05, 4.69) is 4.98 Å². The molecule has 2 aromatic heterocycles. The maximum Gasteiger partial charge on any atom is 0.488 e. The number of para-hydroxylation sites is 1. The lowest BCUT2D eigenvalue weighted by atomic mass is 9.80. The molecule has 22 heavy (non-hydrogen) atoms. The Hall–Kier alpha value is -2.63. The Labute approximate surface area is 126 Å². The molecule has 0 bridgehead atoms. The quantitative estimate of drug-likeness (QED) is 0.556. The molecule has 0 fully saturated rings. The number of benzene rings is 2. The van der Waals surface area contributed by atoms with Crippen molar-refractivity contribution in [3.63, 3.8) is 0 Å². The van der Waals surface area contributed by atoms with E-state index in [4.69, 9.17) is 4.42 Å². The number of hydrogen-bond donors (Lipinski definition) is 2. The predicted octanol–water partition coefficient (Wildman–Crippen LogP) is 2.33. The molecule has 0 saturated heterocycles. The highest BCUT2D eigenvalue weighted by Crippen LogP contribution is 2.35.